The number of hydrazine groups is 1. The van der Waals surface area contributed by atoms with Crippen LogP contribution in [-0.2, 0) is 6.54 Å². The molecule has 1 aromatic rings. The van der Waals surface area contributed by atoms with E-state index in [0.717, 1.165) is 6.54 Å². The zero-order chi connectivity index (χ0) is 13.9. The third kappa shape index (κ3) is 3.33. The van der Waals surface area contributed by atoms with E-state index in [0.29, 0.717) is 17.8 Å². The molecule has 1 rings (SSSR count). The van der Waals surface area contributed by atoms with Crippen molar-refractivity contribution in [2.24, 2.45) is 5.84 Å². The summed E-state index contributed by atoms with van der Waals surface area (Å²) in [7, 11) is 0. The first kappa shape index (κ1) is 15.2. The highest BCUT2D eigenvalue weighted by Crippen LogP contribution is 2.31. The van der Waals surface area contributed by atoms with Crippen LogP contribution < -0.4 is 11.3 Å². The molecular weight excluding hydrogens is 220 g/mol. The molecule has 0 aliphatic rings. The van der Waals surface area contributed by atoms with Crippen LogP contribution >= 0.6 is 0 Å². The van der Waals surface area contributed by atoms with Gasteiger partial charge in [-0.15, -0.1) is 0 Å². The van der Waals surface area contributed by atoms with Gasteiger partial charge in [-0.2, -0.15) is 0 Å². The highest BCUT2D eigenvalue weighted by molar-refractivity contribution is 5.43. The van der Waals surface area contributed by atoms with Gasteiger partial charge in [0, 0.05) is 6.54 Å². The minimum Gasteiger partial charge on any atom is -0.271 e. The van der Waals surface area contributed by atoms with E-state index in [1.165, 1.54) is 22.3 Å². The number of nitrogens with two attached hydrogens (primary N) is 1. The second-order valence-corrected chi connectivity index (χ2v) is 6.02. The van der Waals surface area contributed by atoms with Crippen LogP contribution in [0.5, 0.6) is 0 Å². The number of hydrogen-bond acceptors (Lipinski definition) is 2. The van der Waals surface area contributed by atoms with E-state index >= 15 is 0 Å². The second kappa shape index (κ2) is 6.35. The molecule has 18 heavy (non-hydrogen) atoms. The lowest BCUT2D eigenvalue weighted by Gasteiger charge is -2.22. The Labute approximate surface area is 112 Å². The monoisotopic (exact) mass is 248 g/mol. The van der Waals surface area contributed by atoms with Crippen molar-refractivity contribution in [2.45, 2.75) is 65.8 Å². The summed E-state index contributed by atoms with van der Waals surface area (Å²) >= 11 is 0. The van der Waals surface area contributed by atoms with Crippen molar-refractivity contribution in [3.05, 3.63) is 34.4 Å². The fraction of sp³-hybridized carbons (Fsp3) is 0.625. The first-order valence-electron chi connectivity index (χ1n) is 6.98. The molecule has 0 saturated heterocycles. The maximum absolute atomic E-state index is 5.55. The van der Waals surface area contributed by atoms with E-state index in [1.54, 1.807) is 0 Å². The average Bonchev–Trinajstić information content (AvgIpc) is 2.28. The first-order chi connectivity index (χ1) is 8.38. The summed E-state index contributed by atoms with van der Waals surface area (Å²) in [6.07, 6.45) is 0. The van der Waals surface area contributed by atoms with Gasteiger partial charge in [0.1, 0.15) is 0 Å². The topological polar surface area (TPSA) is 38.0 Å². The Kier molecular flexibility index (Phi) is 5.36. The van der Waals surface area contributed by atoms with Crippen LogP contribution in [0.25, 0.3) is 0 Å². The molecule has 0 bridgehead atoms. The van der Waals surface area contributed by atoms with Crippen molar-refractivity contribution in [3.8, 4) is 0 Å². The molecule has 0 spiro atoms. The lowest BCUT2D eigenvalue weighted by molar-refractivity contribution is 0.696. The molecule has 0 aliphatic heterocycles. The van der Waals surface area contributed by atoms with Gasteiger partial charge in [0.05, 0.1) is 0 Å². The van der Waals surface area contributed by atoms with Crippen LogP contribution in [0, 0.1) is 0 Å². The molecule has 0 aliphatic carbocycles. The summed E-state index contributed by atoms with van der Waals surface area (Å²) in [5.41, 5.74) is 8.50. The van der Waals surface area contributed by atoms with E-state index in [2.05, 4.69) is 59.1 Å². The molecule has 0 amide bonds. The van der Waals surface area contributed by atoms with Crippen LogP contribution in [-0.4, -0.2) is 0 Å². The van der Waals surface area contributed by atoms with E-state index in [4.69, 9.17) is 5.84 Å². The zero-order valence-corrected chi connectivity index (χ0v) is 12.7. The fourth-order valence-corrected chi connectivity index (χ4v) is 2.41. The van der Waals surface area contributed by atoms with Crippen LogP contribution in [0.15, 0.2) is 12.1 Å². The number of hydrogen-bond donors (Lipinski definition) is 2. The van der Waals surface area contributed by atoms with Crippen LogP contribution in [0.1, 0.15) is 81.5 Å². The maximum Gasteiger partial charge on any atom is 0.0354 e. The minimum atomic E-state index is 0.532. The third-order valence-electron chi connectivity index (χ3n) is 3.53. The highest BCUT2D eigenvalue weighted by Gasteiger charge is 2.16. The summed E-state index contributed by atoms with van der Waals surface area (Å²) in [5, 5.41) is 0. The smallest absolute Gasteiger partial charge is 0.0354 e. The van der Waals surface area contributed by atoms with Crippen molar-refractivity contribution < 1.29 is 0 Å². The predicted molar refractivity (Wildman–Crippen MR) is 79.7 cm³/mol. The number of nitrogens with one attached hydrogen (secondary N) is 1. The Hall–Kier alpha value is -0.860. The fourth-order valence-electron chi connectivity index (χ4n) is 2.41. The molecule has 0 aromatic heterocycles. The Morgan fingerprint density at radius 3 is 1.61 bits per heavy atom. The molecule has 0 saturated carbocycles. The van der Waals surface area contributed by atoms with Gasteiger partial charge >= 0.3 is 0 Å². The minimum absolute atomic E-state index is 0.532. The van der Waals surface area contributed by atoms with E-state index in [-0.39, 0.29) is 0 Å². The molecule has 0 unspecified atom stereocenters. The molecule has 1 aromatic carbocycles. The van der Waals surface area contributed by atoms with Gasteiger partial charge < -0.3 is 0 Å². The molecule has 0 fully saturated rings. The molecule has 0 heterocycles. The lowest BCUT2D eigenvalue weighted by atomic mass is 9.84. The SMILES string of the molecule is CC(C)c1cc(C(C)C)c(CNN)c(C(C)C)c1. The first-order valence-corrected chi connectivity index (χ1v) is 6.98. The maximum atomic E-state index is 5.55. The molecule has 3 N–H and O–H groups in total. The van der Waals surface area contributed by atoms with Crippen molar-refractivity contribution in [3.63, 3.8) is 0 Å². The van der Waals surface area contributed by atoms with Gasteiger partial charge in [-0.1, -0.05) is 53.7 Å². The lowest BCUT2D eigenvalue weighted by Crippen LogP contribution is -2.23. The largest absolute Gasteiger partial charge is 0.271 e. The van der Waals surface area contributed by atoms with Crippen molar-refractivity contribution in [2.75, 3.05) is 0 Å². The summed E-state index contributed by atoms with van der Waals surface area (Å²) in [5.74, 6) is 7.18. The molecule has 0 radical (unpaired) electrons. The van der Waals surface area contributed by atoms with Gasteiger partial charge in [0.2, 0.25) is 0 Å². The van der Waals surface area contributed by atoms with E-state index in [1.807, 2.05) is 0 Å². The van der Waals surface area contributed by atoms with Gasteiger partial charge in [-0.05, 0) is 40.0 Å². The van der Waals surface area contributed by atoms with Crippen molar-refractivity contribution in [1.29, 1.82) is 0 Å². The third-order valence-corrected chi connectivity index (χ3v) is 3.53. The summed E-state index contributed by atoms with van der Waals surface area (Å²) in [6, 6.07) is 4.71. The molecule has 2 nitrogen and oxygen atoms in total. The van der Waals surface area contributed by atoms with Gasteiger partial charge in [-0.3, -0.25) is 11.3 Å². The average molecular weight is 248 g/mol. The molecule has 102 valence electrons. The van der Waals surface area contributed by atoms with Gasteiger partial charge in [0.15, 0.2) is 0 Å². The van der Waals surface area contributed by atoms with Crippen molar-refractivity contribution >= 4 is 0 Å². The van der Waals surface area contributed by atoms with Crippen molar-refractivity contribution in [1.82, 2.24) is 5.43 Å². The molecular formula is C16H28N2. The summed E-state index contributed by atoms with van der Waals surface area (Å²) in [4.78, 5) is 0. The Morgan fingerprint density at radius 2 is 1.33 bits per heavy atom. The Morgan fingerprint density at radius 1 is 0.889 bits per heavy atom. The standard InChI is InChI=1S/C16H28N2/c1-10(2)13-7-14(11(3)4)16(9-18-17)15(8-13)12(5)6/h7-8,10-12,18H,9,17H2,1-6H3. The van der Waals surface area contributed by atoms with Gasteiger partial charge in [0.25, 0.3) is 0 Å². The van der Waals surface area contributed by atoms with Crippen LogP contribution in [0.3, 0.4) is 0 Å². The number of benzene rings is 1. The summed E-state index contributed by atoms with van der Waals surface area (Å²) in [6.45, 7) is 14.3. The molecule has 0 atom stereocenters. The van der Waals surface area contributed by atoms with E-state index in [9.17, 15) is 0 Å². The Bertz CT molecular complexity index is 363. The Balaban J connectivity index is 3.44. The van der Waals surface area contributed by atoms with Crippen LogP contribution in [0.2, 0.25) is 0 Å². The quantitative estimate of drug-likeness (QED) is 0.610. The summed E-state index contributed by atoms with van der Waals surface area (Å²) < 4.78 is 0. The van der Waals surface area contributed by atoms with Gasteiger partial charge in [-0.25, -0.2) is 0 Å². The van der Waals surface area contributed by atoms with E-state index < -0.39 is 0 Å². The number of rotatable bonds is 5. The zero-order valence-electron chi connectivity index (χ0n) is 12.7. The normalized spacial score (nSPS) is 11.9. The predicted octanol–water partition coefficient (Wildman–Crippen LogP) is 4.02. The van der Waals surface area contributed by atoms with Crippen LogP contribution in [0.4, 0.5) is 0 Å². The second-order valence-electron chi connectivity index (χ2n) is 6.02. The highest BCUT2D eigenvalue weighted by atomic mass is 15.2. The molecule has 2 heteroatoms.